The second kappa shape index (κ2) is 8.34. The molecule has 0 saturated carbocycles. The number of ether oxygens (including phenoxy) is 2. The number of amides is 1. The summed E-state index contributed by atoms with van der Waals surface area (Å²) in [6, 6.07) is 17.5. The third kappa shape index (κ3) is 4.23. The zero-order valence-electron chi connectivity index (χ0n) is 15.1. The Labute approximate surface area is 154 Å². The van der Waals surface area contributed by atoms with Crippen LogP contribution in [0.4, 0.5) is 0 Å². The smallest absolute Gasteiger partial charge is 0.227 e. The van der Waals surface area contributed by atoms with Gasteiger partial charge in [-0.15, -0.1) is 0 Å². The third-order valence-corrected chi connectivity index (χ3v) is 4.79. The summed E-state index contributed by atoms with van der Waals surface area (Å²) in [5.74, 6) is 0.732. The van der Waals surface area contributed by atoms with Gasteiger partial charge >= 0.3 is 0 Å². The van der Waals surface area contributed by atoms with Gasteiger partial charge in [0.1, 0.15) is 11.4 Å². The molecular weight excluding hydrogens is 330 g/mol. The van der Waals surface area contributed by atoms with Crippen LogP contribution in [0.3, 0.4) is 0 Å². The van der Waals surface area contributed by atoms with Gasteiger partial charge in [-0.3, -0.25) is 4.79 Å². The van der Waals surface area contributed by atoms with Crippen LogP contribution in [0, 0.1) is 0 Å². The highest BCUT2D eigenvalue weighted by molar-refractivity contribution is 5.79. The fourth-order valence-electron chi connectivity index (χ4n) is 3.41. The summed E-state index contributed by atoms with van der Waals surface area (Å²) in [6.45, 7) is 1.21. The highest BCUT2D eigenvalue weighted by Crippen LogP contribution is 2.25. The molecule has 0 spiro atoms. The average molecular weight is 355 g/mol. The van der Waals surface area contributed by atoms with E-state index >= 15 is 0 Å². The Kier molecular flexibility index (Phi) is 5.91. The molecule has 5 heteroatoms. The van der Waals surface area contributed by atoms with Gasteiger partial charge in [0.05, 0.1) is 33.3 Å². The number of carbonyl (C=O) groups excluding carboxylic acids is 1. The Hall–Kier alpha value is -2.37. The van der Waals surface area contributed by atoms with Gasteiger partial charge in [-0.1, -0.05) is 48.5 Å². The number of methoxy groups -OCH3 is 1. The van der Waals surface area contributed by atoms with Crippen LogP contribution in [0.5, 0.6) is 5.75 Å². The van der Waals surface area contributed by atoms with Crippen LogP contribution in [0.2, 0.25) is 0 Å². The van der Waals surface area contributed by atoms with Crippen LogP contribution in [-0.2, 0) is 22.4 Å². The van der Waals surface area contributed by atoms with E-state index in [0.29, 0.717) is 31.9 Å². The second-order valence-corrected chi connectivity index (χ2v) is 6.66. The minimum absolute atomic E-state index is 0.0173. The largest absolute Gasteiger partial charge is 0.496 e. The van der Waals surface area contributed by atoms with Crippen LogP contribution >= 0.6 is 0 Å². The van der Waals surface area contributed by atoms with Crippen LogP contribution in [0.15, 0.2) is 54.6 Å². The fourth-order valence-corrected chi connectivity index (χ4v) is 3.41. The molecule has 1 amide bonds. The standard InChI is InChI=1S/C21H25NO4/c1-25-19-10-6-5-9-18(19)13-20(24)22-11-12-26-21(15-22,16-23)14-17-7-3-2-4-8-17/h2-10,23H,11-16H2,1H3/t21-/m0/s1. The van der Waals surface area contributed by atoms with Crippen molar-refractivity contribution in [1.82, 2.24) is 4.90 Å². The molecule has 1 heterocycles. The molecule has 1 atom stereocenters. The SMILES string of the molecule is COc1ccccc1CC(=O)N1CCO[C@@](CO)(Cc2ccccc2)C1. The molecule has 0 unspecified atom stereocenters. The lowest BCUT2D eigenvalue weighted by molar-refractivity contribution is -0.157. The Morgan fingerprint density at radius 1 is 1.19 bits per heavy atom. The Bertz CT molecular complexity index is 734. The minimum Gasteiger partial charge on any atom is -0.496 e. The van der Waals surface area contributed by atoms with Gasteiger partial charge in [0, 0.05) is 18.5 Å². The Morgan fingerprint density at radius 3 is 2.65 bits per heavy atom. The molecule has 1 aliphatic rings. The first-order valence-electron chi connectivity index (χ1n) is 8.84. The van der Waals surface area contributed by atoms with Gasteiger partial charge in [-0.25, -0.2) is 0 Å². The molecule has 26 heavy (non-hydrogen) atoms. The molecule has 2 aromatic carbocycles. The van der Waals surface area contributed by atoms with Crippen molar-refractivity contribution in [3.8, 4) is 5.75 Å². The number of para-hydroxylation sites is 1. The molecule has 0 aromatic heterocycles. The van der Waals surface area contributed by atoms with E-state index in [4.69, 9.17) is 9.47 Å². The van der Waals surface area contributed by atoms with E-state index in [-0.39, 0.29) is 18.9 Å². The zero-order chi connectivity index (χ0) is 18.4. The van der Waals surface area contributed by atoms with Gasteiger partial charge in [-0.05, 0) is 11.6 Å². The van der Waals surface area contributed by atoms with E-state index in [0.717, 1.165) is 11.1 Å². The van der Waals surface area contributed by atoms with Gasteiger partial charge in [0.25, 0.3) is 0 Å². The predicted octanol–water partition coefficient (Wildman–Crippen LogP) is 2.07. The Morgan fingerprint density at radius 2 is 1.92 bits per heavy atom. The topological polar surface area (TPSA) is 59.0 Å². The number of aliphatic hydroxyl groups is 1. The Balaban J connectivity index is 1.71. The lowest BCUT2D eigenvalue weighted by Gasteiger charge is -2.42. The lowest BCUT2D eigenvalue weighted by Crippen LogP contribution is -2.57. The number of hydrogen-bond donors (Lipinski definition) is 1. The molecule has 1 fully saturated rings. The molecule has 1 aliphatic heterocycles. The maximum atomic E-state index is 12.8. The van der Waals surface area contributed by atoms with E-state index in [2.05, 4.69) is 0 Å². The lowest BCUT2D eigenvalue weighted by atomic mass is 9.93. The number of morpholine rings is 1. The molecule has 0 radical (unpaired) electrons. The molecule has 1 N–H and O–H groups in total. The maximum absolute atomic E-state index is 12.8. The first kappa shape index (κ1) is 18.4. The summed E-state index contributed by atoms with van der Waals surface area (Å²) in [4.78, 5) is 14.6. The van der Waals surface area contributed by atoms with Crippen molar-refractivity contribution in [3.05, 3.63) is 65.7 Å². The summed E-state index contributed by atoms with van der Waals surface area (Å²) in [5.41, 5.74) is 1.19. The summed E-state index contributed by atoms with van der Waals surface area (Å²) in [7, 11) is 1.61. The van der Waals surface area contributed by atoms with Gasteiger partial charge in [-0.2, -0.15) is 0 Å². The highest BCUT2D eigenvalue weighted by atomic mass is 16.5. The van der Waals surface area contributed by atoms with Crippen molar-refractivity contribution >= 4 is 5.91 Å². The van der Waals surface area contributed by atoms with E-state index < -0.39 is 5.60 Å². The molecule has 1 saturated heterocycles. The first-order valence-corrected chi connectivity index (χ1v) is 8.84. The van der Waals surface area contributed by atoms with Gasteiger partial charge in [0.15, 0.2) is 0 Å². The third-order valence-electron chi connectivity index (χ3n) is 4.79. The van der Waals surface area contributed by atoms with Crippen molar-refractivity contribution in [2.45, 2.75) is 18.4 Å². The summed E-state index contributed by atoms with van der Waals surface area (Å²) in [6.07, 6.45) is 0.847. The van der Waals surface area contributed by atoms with Crippen LogP contribution < -0.4 is 4.74 Å². The van der Waals surface area contributed by atoms with E-state index in [1.807, 2.05) is 54.6 Å². The highest BCUT2D eigenvalue weighted by Gasteiger charge is 2.38. The van der Waals surface area contributed by atoms with Crippen molar-refractivity contribution < 1.29 is 19.4 Å². The van der Waals surface area contributed by atoms with Crippen molar-refractivity contribution in [2.24, 2.45) is 0 Å². The van der Waals surface area contributed by atoms with E-state index in [1.165, 1.54) is 0 Å². The van der Waals surface area contributed by atoms with Crippen molar-refractivity contribution in [3.63, 3.8) is 0 Å². The molecule has 0 bridgehead atoms. The molecule has 2 aromatic rings. The second-order valence-electron chi connectivity index (χ2n) is 6.66. The van der Waals surface area contributed by atoms with Crippen LogP contribution in [0.1, 0.15) is 11.1 Å². The average Bonchev–Trinajstić information content (AvgIpc) is 2.69. The molecule has 3 rings (SSSR count). The van der Waals surface area contributed by atoms with Crippen LogP contribution in [-0.4, -0.2) is 54.9 Å². The van der Waals surface area contributed by atoms with Crippen molar-refractivity contribution in [2.75, 3.05) is 33.4 Å². The number of nitrogens with zero attached hydrogens (tertiary/aromatic N) is 1. The van der Waals surface area contributed by atoms with E-state index in [1.54, 1.807) is 12.0 Å². The number of hydrogen-bond acceptors (Lipinski definition) is 4. The monoisotopic (exact) mass is 355 g/mol. The van der Waals surface area contributed by atoms with Gasteiger partial charge < -0.3 is 19.5 Å². The molecular formula is C21H25NO4. The number of carbonyl (C=O) groups is 1. The fraction of sp³-hybridized carbons (Fsp3) is 0.381. The first-order chi connectivity index (χ1) is 12.7. The number of benzene rings is 2. The summed E-state index contributed by atoms with van der Waals surface area (Å²) < 4.78 is 11.3. The minimum atomic E-state index is -0.754. The van der Waals surface area contributed by atoms with Gasteiger partial charge in [0.2, 0.25) is 5.91 Å². The maximum Gasteiger partial charge on any atom is 0.227 e. The van der Waals surface area contributed by atoms with Crippen molar-refractivity contribution in [1.29, 1.82) is 0 Å². The molecule has 0 aliphatic carbocycles. The number of aliphatic hydroxyl groups excluding tert-OH is 1. The normalized spacial score (nSPS) is 20.0. The molecule has 5 nitrogen and oxygen atoms in total. The summed E-state index contributed by atoms with van der Waals surface area (Å²) >= 11 is 0. The quantitative estimate of drug-likeness (QED) is 0.862. The zero-order valence-corrected chi connectivity index (χ0v) is 15.1. The number of rotatable bonds is 6. The predicted molar refractivity (Wildman–Crippen MR) is 99.2 cm³/mol. The van der Waals surface area contributed by atoms with E-state index in [9.17, 15) is 9.90 Å². The summed E-state index contributed by atoms with van der Waals surface area (Å²) in [5, 5.41) is 9.99. The van der Waals surface area contributed by atoms with Crippen LogP contribution in [0.25, 0.3) is 0 Å². The molecule has 138 valence electrons.